The van der Waals surface area contributed by atoms with Crippen LogP contribution in [0.5, 0.6) is 0 Å². The second-order valence-corrected chi connectivity index (χ2v) is 9.08. The van der Waals surface area contributed by atoms with E-state index in [4.69, 9.17) is 11.6 Å². The average molecular weight is 526 g/mol. The predicted octanol–water partition coefficient (Wildman–Crippen LogP) is 4.80. The highest BCUT2D eigenvalue weighted by atomic mass is 35.5. The number of piperazine rings is 1. The lowest BCUT2D eigenvalue weighted by Crippen LogP contribution is -2.50. The minimum absolute atomic E-state index is 0. The molecule has 1 saturated heterocycles. The fraction of sp³-hybridized carbons (Fsp3) is 0.286. The Hall–Kier alpha value is -3.00. The van der Waals surface area contributed by atoms with E-state index in [2.05, 4.69) is 22.3 Å². The molecule has 0 radical (unpaired) electrons. The molecular formula is C28H32ClN3O3S. The standard InChI is InChI=1S/C28H30ClN3O3.H2S/c29-25-11-5-4-10-24(25)27(34)28(35)32-19-17-31(18-20-32)23-15-13-22(14-16-23)30-26(33)12-6-9-21-7-2-1-3-8-21;/h1-5,7-8,10-11,13-16,27,34H,6,9,12,17-20H2,(H,30,33);1H2. The molecule has 2 amide bonds. The van der Waals surface area contributed by atoms with Crippen molar-refractivity contribution in [3.8, 4) is 0 Å². The summed E-state index contributed by atoms with van der Waals surface area (Å²) < 4.78 is 0. The number of aryl methyl sites for hydroxylation is 1. The number of nitrogens with zero attached hydrogens (tertiary/aromatic N) is 2. The molecule has 6 nitrogen and oxygen atoms in total. The maximum Gasteiger partial charge on any atom is 0.256 e. The Morgan fingerprint density at radius 3 is 2.19 bits per heavy atom. The quantitative estimate of drug-likeness (QED) is 0.443. The molecule has 4 rings (SSSR count). The molecule has 1 unspecified atom stereocenters. The van der Waals surface area contributed by atoms with E-state index < -0.39 is 6.10 Å². The minimum atomic E-state index is -1.26. The summed E-state index contributed by atoms with van der Waals surface area (Å²) in [5, 5.41) is 13.8. The van der Waals surface area contributed by atoms with Crippen LogP contribution in [0.1, 0.15) is 30.1 Å². The molecule has 1 aliphatic rings. The number of rotatable bonds is 8. The van der Waals surface area contributed by atoms with E-state index in [-0.39, 0.29) is 25.3 Å². The zero-order valence-corrected chi connectivity index (χ0v) is 21.8. The first-order chi connectivity index (χ1) is 17.0. The molecule has 8 heteroatoms. The Morgan fingerprint density at radius 1 is 0.889 bits per heavy atom. The SMILES string of the molecule is O=C(CCCc1ccccc1)Nc1ccc(N2CCN(C(=O)C(O)c3ccccc3Cl)CC2)cc1.S. The first-order valence-corrected chi connectivity index (χ1v) is 12.3. The van der Waals surface area contributed by atoms with Crippen molar-refractivity contribution in [2.45, 2.75) is 25.4 Å². The van der Waals surface area contributed by atoms with Gasteiger partial charge in [-0.3, -0.25) is 9.59 Å². The molecular weight excluding hydrogens is 494 g/mol. The summed E-state index contributed by atoms with van der Waals surface area (Å²) in [6.07, 6.45) is 0.914. The topological polar surface area (TPSA) is 72.9 Å². The van der Waals surface area contributed by atoms with E-state index in [0.29, 0.717) is 43.2 Å². The molecule has 1 atom stereocenters. The molecule has 0 aromatic heterocycles. The fourth-order valence-electron chi connectivity index (χ4n) is 4.26. The molecule has 3 aromatic rings. The average Bonchev–Trinajstić information content (AvgIpc) is 2.89. The highest BCUT2D eigenvalue weighted by molar-refractivity contribution is 7.59. The second-order valence-electron chi connectivity index (χ2n) is 8.67. The summed E-state index contributed by atoms with van der Waals surface area (Å²) in [6, 6.07) is 24.8. The molecule has 190 valence electrons. The van der Waals surface area contributed by atoms with Crippen LogP contribution in [0.3, 0.4) is 0 Å². The molecule has 2 N–H and O–H groups in total. The van der Waals surface area contributed by atoms with Crippen LogP contribution < -0.4 is 10.2 Å². The van der Waals surface area contributed by atoms with E-state index in [1.165, 1.54) is 5.56 Å². The van der Waals surface area contributed by atoms with E-state index >= 15 is 0 Å². The van der Waals surface area contributed by atoms with Crippen LogP contribution in [-0.2, 0) is 16.0 Å². The Kier molecular flexibility index (Phi) is 10.2. The molecule has 0 spiro atoms. The third-order valence-corrected chi connectivity index (χ3v) is 6.60. The fourth-order valence-corrected chi connectivity index (χ4v) is 4.50. The zero-order valence-electron chi connectivity index (χ0n) is 20.1. The van der Waals surface area contributed by atoms with Crippen molar-refractivity contribution in [3.05, 3.63) is 95.0 Å². The van der Waals surface area contributed by atoms with Gasteiger partial charge in [-0.15, -0.1) is 0 Å². The molecule has 1 aliphatic heterocycles. The van der Waals surface area contributed by atoms with E-state index in [9.17, 15) is 14.7 Å². The number of hydrogen-bond donors (Lipinski definition) is 2. The van der Waals surface area contributed by atoms with Gasteiger partial charge in [0.05, 0.1) is 0 Å². The molecule has 36 heavy (non-hydrogen) atoms. The van der Waals surface area contributed by atoms with Crippen LogP contribution in [0.2, 0.25) is 5.02 Å². The Labute approximate surface area is 224 Å². The van der Waals surface area contributed by atoms with Crippen LogP contribution in [0, 0.1) is 0 Å². The minimum Gasteiger partial charge on any atom is -0.378 e. The Balaban J connectivity index is 0.00000361. The Morgan fingerprint density at radius 2 is 1.53 bits per heavy atom. The van der Waals surface area contributed by atoms with E-state index in [1.54, 1.807) is 29.2 Å². The van der Waals surface area contributed by atoms with Crippen molar-refractivity contribution >= 4 is 48.3 Å². The number of halogens is 1. The van der Waals surface area contributed by atoms with Gasteiger partial charge >= 0.3 is 0 Å². The molecule has 0 saturated carbocycles. The number of anilines is 2. The summed E-state index contributed by atoms with van der Waals surface area (Å²) >= 11 is 6.13. The summed E-state index contributed by atoms with van der Waals surface area (Å²) in [5.74, 6) is -0.319. The summed E-state index contributed by atoms with van der Waals surface area (Å²) in [4.78, 5) is 28.9. The first-order valence-electron chi connectivity index (χ1n) is 11.9. The van der Waals surface area contributed by atoms with Gasteiger partial charge in [0.15, 0.2) is 6.10 Å². The maximum atomic E-state index is 12.8. The number of nitrogens with one attached hydrogen (secondary N) is 1. The van der Waals surface area contributed by atoms with Gasteiger partial charge < -0.3 is 20.2 Å². The number of aliphatic hydroxyl groups is 1. The summed E-state index contributed by atoms with van der Waals surface area (Å²) in [6.45, 7) is 2.35. The molecule has 3 aromatic carbocycles. The lowest BCUT2D eigenvalue weighted by atomic mass is 10.1. The number of carbonyl (C=O) groups is 2. The van der Waals surface area contributed by atoms with Crippen molar-refractivity contribution in [3.63, 3.8) is 0 Å². The van der Waals surface area contributed by atoms with E-state index in [1.807, 2.05) is 42.5 Å². The van der Waals surface area contributed by atoms with Crippen LogP contribution in [-0.4, -0.2) is 48.0 Å². The third-order valence-electron chi connectivity index (χ3n) is 6.25. The largest absolute Gasteiger partial charge is 0.378 e. The van der Waals surface area contributed by atoms with Crippen LogP contribution in [0.15, 0.2) is 78.9 Å². The number of hydrogen-bond acceptors (Lipinski definition) is 4. The van der Waals surface area contributed by atoms with Crippen molar-refractivity contribution < 1.29 is 14.7 Å². The second kappa shape index (κ2) is 13.3. The third kappa shape index (κ3) is 7.26. The first kappa shape index (κ1) is 27.6. The van der Waals surface area contributed by atoms with Gasteiger partial charge in [-0.2, -0.15) is 13.5 Å². The smallest absolute Gasteiger partial charge is 0.256 e. The molecule has 0 bridgehead atoms. The van der Waals surface area contributed by atoms with Gasteiger partial charge in [-0.25, -0.2) is 0 Å². The van der Waals surface area contributed by atoms with Gasteiger partial charge in [0.1, 0.15) is 0 Å². The van der Waals surface area contributed by atoms with Crippen molar-refractivity contribution in [2.24, 2.45) is 0 Å². The number of benzene rings is 3. The normalized spacial score (nSPS) is 14.1. The molecule has 0 aliphatic carbocycles. The number of aliphatic hydroxyl groups excluding tert-OH is 1. The van der Waals surface area contributed by atoms with Crippen molar-refractivity contribution in [1.82, 2.24) is 4.90 Å². The summed E-state index contributed by atoms with van der Waals surface area (Å²) in [7, 11) is 0. The molecule has 1 heterocycles. The van der Waals surface area contributed by atoms with Gasteiger partial charge in [0.2, 0.25) is 5.91 Å². The van der Waals surface area contributed by atoms with Crippen LogP contribution >= 0.6 is 25.1 Å². The van der Waals surface area contributed by atoms with Gasteiger partial charge in [0.25, 0.3) is 5.91 Å². The predicted molar refractivity (Wildman–Crippen MR) is 150 cm³/mol. The lowest BCUT2D eigenvalue weighted by molar-refractivity contribution is -0.140. The van der Waals surface area contributed by atoms with Crippen LogP contribution in [0.25, 0.3) is 0 Å². The number of carbonyl (C=O) groups excluding carboxylic acids is 2. The highest BCUT2D eigenvalue weighted by Gasteiger charge is 2.28. The van der Waals surface area contributed by atoms with Gasteiger partial charge in [0, 0.05) is 54.6 Å². The van der Waals surface area contributed by atoms with Crippen molar-refractivity contribution in [1.29, 1.82) is 0 Å². The van der Waals surface area contributed by atoms with Crippen LogP contribution in [0.4, 0.5) is 11.4 Å². The van der Waals surface area contributed by atoms with Gasteiger partial charge in [-0.05, 0) is 48.7 Å². The monoisotopic (exact) mass is 525 g/mol. The lowest BCUT2D eigenvalue weighted by Gasteiger charge is -2.37. The van der Waals surface area contributed by atoms with Gasteiger partial charge in [-0.1, -0.05) is 60.1 Å². The maximum absolute atomic E-state index is 12.8. The number of amides is 2. The van der Waals surface area contributed by atoms with Crippen molar-refractivity contribution in [2.75, 3.05) is 36.4 Å². The Bertz CT molecular complexity index is 1140. The summed E-state index contributed by atoms with van der Waals surface area (Å²) in [5.41, 5.74) is 3.48. The highest BCUT2D eigenvalue weighted by Crippen LogP contribution is 2.25. The van der Waals surface area contributed by atoms with E-state index in [0.717, 1.165) is 24.2 Å². The molecule has 1 fully saturated rings. The zero-order chi connectivity index (χ0) is 24.6.